The van der Waals surface area contributed by atoms with Gasteiger partial charge in [-0.15, -0.1) is 0 Å². The number of hydrogen-bond donors (Lipinski definition) is 3. The minimum absolute atomic E-state index is 0.0453. The Kier molecular flexibility index (Phi) is 4.28. The molecule has 0 radical (unpaired) electrons. The first kappa shape index (κ1) is 14.1. The van der Waals surface area contributed by atoms with E-state index in [4.69, 9.17) is 10.5 Å². The Morgan fingerprint density at radius 3 is 2.89 bits per heavy atom. The van der Waals surface area contributed by atoms with E-state index in [0.29, 0.717) is 13.2 Å². The van der Waals surface area contributed by atoms with Crippen LogP contribution in [-0.4, -0.2) is 33.3 Å². The van der Waals surface area contributed by atoms with Gasteiger partial charge >= 0.3 is 0 Å². The maximum atomic E-state index is 12.0. The maximum Gasteiger partial charge on any atom is 0.240 e. The van der Waals surface area contributed by atoms with Gasteiger partial charge in [-0.2, -0.15) is 0 Å². The molecule has 0 aliphatic carbocycles. The van der Waals surface area contributed by atoms with Crippen LogP contribution in [0.2, 0.25) is 0 Å². The fraction of sp³-hybridized carbons (Fsp3) is 0.500. The van der Waals surface area contributed by atoms with Gasteiger partial charge in [-0.3, -0.25) is 0 Å². The van der Waals surface area contributed by atoms with Crippen LogP contribution in [0.15, 0.2) is 23.1 Å². The molecule has 1 aliphatic rings. The van der Waals surface area contributed by atoms with Crippen molar-refractivity contribution in [3.63, 3.8) is 0 Å². The molecule has 1 aromatic carbocycles. The lowest BCUT2D eigenvalue weighted by atomic mass is 10.0. The Morgan fingerprint density at radius 2 is 2.26 bits per heavy atom. The van der Waals surface area contributed by atoms with E-state index in [1.165, 1.54) is 18.2 Å². The molecule has 0 aromatic heterocycles. The number of nitrogens with two attached hydrogens (primary N) is 1. The van der Waals surface area contributed by atoms with Crippen molar-refractivity contribution in [1.29, 1.82) is 0 Å². The molecule has 6 nitrogen and oxygen atoms in total. The van der Waals surface area contributed by atoms with Crippen molar-refractivity contribution >= 4 is 15.7 Å². The smallest absolute Gasteiger partial charge is 0.240 e. The molecular weight excluding hydrogens is 268 g/mol. The average Bonchev–Trinajstić information content (AvgIpc) is 2.41. The van der Waals surface area contributed by atoms with Gasteiger partial charge in [0.25, 0.3) is 0 Å². The van der Waals surface area contributed by atoms with E-state index in [0.717, 1.165) is 19.4 Å². The van der Waals surface area contributed by atoms with E-state index in [9.17, 15) is 13.5 Å². The van der Waals surface area contributed by atoms with Gasteiger partial charge in [-0.05, 0) is 37.0 Å². The Bertz CT molecular complexity index is 539. The molecule has 1 unspecified atom stereocenters. The number of aromatic hydroxyl groups is 1. The van der Waals surface area contributed by atoms with Gasteiger partial charge in [0.2, 0.25) is 10.0 Å². The second-order valence-electron chi connectivity index (χ2n) is 4.66. The molecule has 106 valence electrons. The normalized spacial score (nSPS) is 20.3. The van der Waals surface area contributed by atoms with Crippen molar-refractivity contribution in [2.24, 2.45) is 5.92 Å². The Hall–Kier alpha value is -1.31. The summed E-state index contributed by atoms with van der Waals surface area (Å²) < 4.78 is 31.9. The van der Waals surface area contributed by atoms with E-state index in [1.54, 1.807) is 0 Å². The first-order chi connectivity index (χ1) is 8.99. The summed E-state index contributed by atoms with van der Waals surface area (Å²) in [5.74, 6) is 0.0811. The standard InChI is InChI=1S/C12H18N2O4S/c13-11-6-10(3-4-12(11)15)19(16,17)14-7-9-2-1-5-18-8-9/h3-4,6,9,14-15H,1-2,5,7-8,13H2. The Labute approximate surface area is 112 Å². The van der Waals surface area contributed by atoms with Gasteiger partial charge in [0.15, 0.2) is 0 Å². The second-order valence-corrected chi connectivity index (χ2v) is 6.42. The van der Waals surface area contributed by atoms with E-state index in [2.05, 4.69) is 4.72 Å². The SMILES string of the molecule is Nc1cc(S(=O)(=O)NCC2CCCOC2)ccc1O. The third-order valence-electron chi connectivity index (χ3n) is 3.13. The lowest BCUT2D eigenvalue weighted by Gasteiger charge is -2.22. The summed E-state index contributed by atoms with van der Waals surface area (Å²) in [4.78, 5) is 0.0551. The number of phenols is 1. The van der Waals surface area contributed by atoms with Crippen LogP contribution in [0, 0.1) is 5.92 Å². The van der Waals surface area contributed by atoms with Gasteiger partial charge in [0.1, 0.15) is 5.75 Å². The van der Waals surface area contributed by atoms with Gasteiger partial charge in [-0.1, -0.05) is 0 Å². The molecule has 4 N–H and O–H groups in total. The molecule has 1 heterocycles. The van der Waals surface area contributed by atoms with E-state index >= 15 is 0 Å². The quantitative estimate of drug-likeness (QED) is 0.558. The largest absolute Gasteiger partial charge is 0.506 e. The highest BCUT2D eigenvalue weighted by molar-refractivity contribution is 7.89. The minimum atomic E-state index is -3.60. The highest BCUT2D eigenvalue weighted by Crippen LogP contribution is 2.23. The molecule has 1 aliphatic heterocycles. The van der Waals surface area contributed by atoms with Gasteiger partial charge in [-0.25, -0.2) is 13.1 Å². The lowest BCUT2D eigenvalue weighted by Crippen LogP contribution is -2.33. The molecule has 1 aromatic rings. The first-order valence-electron chi connectivity index (χ1n) is 6.15. The van der Waals surface area contributed by atoms with Crippen molar-refractivity contribution < 1.29 is 18.3 Å². The molecule has 1 atom stereocenters. The predicted octanol–water partition coefficient (Wildman–Crippen LogP) is 0.679. The van der Waals surface area contributed by atoms with Crippen LogP contribution in [-0.2, 0) is 14.8 Å². The number of hydrogen-bond acceptors (Lipinski definition) is 5. The number of ether oxygens (including phenoxy) is 1. The summed E-state index contributed by atoms with van der Waals surface area (Å²) in [6, 6.07) is 3.84. The molecule has 0 bridgehead atoms. The van der Waals surface area contributed by atoms with Crippen LogP contribution in [0.5, 0.6) is 5.75 Å². The van der Waals surface area contributed by atoms with Crippen molar-refractivity contribution in [2.75, 3.05) is 25.5 Å². The van der Waals surface area contributed by atoms with Crippen LogP contribution in [0.3, 0.4) is 0 Å². The highest BCUT2D eigenvalue weighted by atomic mass is 32.2. The summed E-state index contributed by atoms with van der Waals surface area (Å²) in [5, 5.41) is 9.29. The molecule has 0 amide bonds. The monoisotopic (exact) mass is 286 g/mol. The van der Waals surface area contributed by atoms with Crippen molar-refractivity contribution in [3.8, 4) is 5.75 Å². The molecule has 1 saturated heterocycles. The number of benzene rings is 1. The molecule has 0 spiro atoms. The lowest BCUT2D eigenvalue weighted by molar-refractivity contribution is 0.0568. The zero-order valence-corrected chi connectivity index (χ0v) is 11.3. The van der Waals surface area contributed by atoms with Crippen LogP contribution >= 0.6 is 0 Å². The molecule has 2 rings (SSSR count). The van der Waals surface area contributed by atoms with Crippen molar-refractivity contribution in [1.82, 2.24) is 4.72 Å². The summed E-state index contributed by atoms with van der Waals surface area (Å²) in [6.45, 7) is 1.68. The van der Waals surface area contributed by atoms with E-state index < -0.39 is 10.0 Å². The van der Waals surface area contributed by atoms with Crippen molar-refractivity contribution in [2.45, 2.75) is 17.7 Å². The zero-order chi connectivity index (χ0) is 13.9. The first-order valence-corrected chi connectivity index (χ1v) is 7.63. The minimum Gasteiger partial charge on any atom is -0.506 e. The Balaban J connectivity index is 2.02. The number of nitrogens with one attached hydrogen (secondary N) is 1. The molecule has 19 heavy (non-hydrogen) atoms. The van der Waals surface area contributed by atoms with E-state index in [-0.39, 0.29) is 22.3 Å². The second kappa shape index (κ2) is 5.77. The number of sulfonamides is 1. The van der Waals surface area contributed by atoms with Crippen LogP contribution < -0.4 is 10.5 Å². The number of anilines is 1. The molecule has 0 saturated carbocycles. The van der Waals surface area contributed by atoms with E-state index in [1.807, 2.05) is 0 Å². The Morgan fingerprint density at radius 1 is 1.47 bits per heavy atom. The van der Waals surface area contributed by atoms with Crippen molar-refractivity contribution in [3.05, 3.63) is 18.2 Å². The van der Waals surface area contributed by atoms with Gasteiger partial charge in [0.05, 0.1) is 17.2 Å². The number of rotatable bonds is 4. The predicted molar refractivity (Wildman–Crippen MR) is 71.3 cm³/mol. The molecule has 1 fully saturated rings. The summed E-state index contributed by atoms with van der Waals surface area (Å²) in [7, 11) is -3.60. The third kappa shape index (κ3) is 3.59. The van der Waals surface area contributed by atoms with Crippen LogP contribution in [0.1, 0.15) is 12.8 Å². The summed E-state index contributed by atoms with van der Waals surface area (Å²) in [6.07, 6.45) is 1.92. The molecule has 7 heteroatoms. The van der Waals surface area contributed by atoms with Crippen LogP contribution in [0.25, 0.3) is 0 Å². The average molecular weight is 286 g/mol. The molecular formula is C12H18N2O4S. The fourth-order valence-electron chi connectivity index (χ4n) is 1.98. The summed E-state index contributed by atoms with van der Waals surface area (Å²) >= 11 is 0. The van der Waals surface area contributed by atoms with Crippen LogP contribution in [0.4, 0.5) is 5.69 Å². The zero-order valence-electron chi connectivity index (χ0n) is 10.5. The highest BCUT2D eigenvalue weighted by Gasteiger charge is 2.19. The fourth-order valence-corrected chi connectivity index (χ4v) is 3.13. The third-order valence-corrected chi connectivity index (χ3v) is 4.55. The van der Waals surface area contributed by atoms with Gasteiger partial charge < -0.3 is 15.6 Å². The number of nitrogen functional groups attached to an aromatic ring is 1. The topological polar surface area (TPSA) is 102 Å². The van der Waals surface area contributed by atoms with Gasteiger partial charge in [0, 0.05) is 13.2 Å². The number of phenolic OH excluding ortho intramolecular Hbond substituents is 1. The maximum absolute atomic E-state index is 12.0. The summed E-state index contributed by atoms with van der Waals surface area (Å²) in [5.41, 5.74) is 5.54.